The topological polar surface area (TPSA) is 137 Å². The molecule has 3 N–H and O–H groups in total. The molecule has 3 aromatic carbocycles. The van der Waals surface area contributed by atoms with E-state index in [-0.39, 0.29) is 79.2 Å². The number of carbonyl (C=O) groups is 5. The molecule has 11 heteroatoms. The molecule has 2 aliphatic carbocycles. The molecule has 0 spiro atoms. The summed E-state index contributed by atoms with van der Waals surface area (Å²) in [6.45, 7) is 6.34. The predicted octanol–water partition coefficient (Wildman–Crippen LogP) is 6.84. The normalized spacial score (nSPS) is 25.2. The second-order valence-electron chi connectivity index (χ2n) is 17.7. The van der Waals surface area contributed by atoms with Crippen molar-refractivity contribution < 1.29 is 28.7 Å². The minimum atomic E-state index is -0.695. The van der Waals surface area contributed by atoms with Crippen LogP contribution >= 0.6 is 0 Å². The van der Waals surface area contributed by atoms with Gasteiger partial charge in [-0.2, -0.15) is 0 Å². The molecule has 4 fully saturated rings. The van der Waals surface area contributed by atoms with Gasteiger partial charge in [0, 0.05) is 74.4 Å². The number of hydrogen-bond donors (Lipinski definition) is 3. The van der Waals surface area contributed by atoms with E-state index in [2.05, 4.69) is 54.1 Å². The van der Waals surface area contributed by atoms with Crippen LogP contribution in [0.5, 0.6) is 0 Å². The standard InChI is InChI=1S/C50H65N5O6/c1-3-5-7-9-17-27-61-45-33-55(32-42(45)46(56)51-26-16-8-6-4-2)50(60)37-24-22-36(23-25-37)49(59)54-30-40(47(57)52-43-28-38(43)34-18-12-10-13-19-34)41(31-54)48(58)53-44-29-39(44)35-20-14-11-15-21-35/h10-15,18-25,38-45H,3-9,16-17,26-33H2,1-2H3,(H,51,56)(H,52,57)(H,53,58)/t38-,39-,40-,41-,42-,43+,44?,45-/m1/s1. The molecule has 2 saturated heterocycles. The van der Waals surface area contributed by atoms with Gasteiger partial charge in [0.25, 0.3) is 11.8 Å². The molecule has 3 aromatic rings. The number of amides is 5. The van der Waals surface area contributed by atoms with Crippen molar-refractivity contribution in [2.24, 2.45) is 17.8 Å². The summed E-state index contributed by atoms with van der Waals surface area (Å²) in [5.74, 6) is -2.37. The number of benzene rings is 3. The maximum Gasteiger partial charge on any atom is 0.253 e. The van der Waals surface area contributed by atoms with Crippen LogP contribution in [0.15, 0.2) is 84.9 Å². The third kappa shape index (κ3) is 11.5. The molecular formula is C50H65N5O6. The van der Waals surface area contributed by atoms with Crippen LogP contribution in [0.2, 0.25) is 0 Å². The van der Waals surface area contributed by atoms with Crippen molar-refractivity contribution in [3.05, 3.63) is 107 Å². The number of rotatable bonds is 21. The molecule has 11 nitrogen and oxygen atoms in total. The Bertz CT molecular complexity index is 1870. The van der Waals surface area contributed by atoms with Crippen molar-refractivity contribution in [3.8, 4) is 0 Å². The first kappa shape index (κ1) is 44.0. The fourth-order valence-electron chi connectivity index (χ4n) is 9.24. The van der Waals surface area contributed by atoms with Crippen LogP contribution in [0.1, 0.15) is 128 Å². The Balaban J connectivity index is 0.981. The van der Waals surface area contributed by atoms with Crippen LogP contribution in [-0.4, -0.2) is 96.9 Å². The average Bonchev–Trinajstić information content (AvgIpc) is 4.14. The average molecular weight is 832 g/mol. The highest BCUT2D eigenvalue weighted by Crippen LogP contribution is 2.42. The monoisotopic (exact) mass is 831 g/mol. The van der Waals surface area contributed by atoms with Crippen molar-refractivity contribution in [1.29, 1.82) is 0 Å². The molecule has 0 bridgehead atoms. The van der Waals surface area contributed by atoms with E-state index in [0.29, 0.717) is 30.8 Å². The number of nitrogens with zero attached hydrogens (tertiary/aromatic N) is 2. The largest absolute Gasteiger partial charge is 0.375 e. The molecule has 0 radical (unpaired) electrons. The lowest BCUT2D eigenvalue weighted by Gasteiger charge is -2.18. The molecule has 0 aromatic heterocycles. The van der Waals surface area contributed by atoms with Gasteiger partial charge < -0.3 is 30.5 Å². The maximum absolute atomic E-state index is 14.1. The zero-order chi connectivity index (χ0) is 42.7. The van der Waals surface area contributed by atoms with Crippen LogP contribution in [0.3, 0.4) is 0 Å². The summed E-state index contributed by atoms with van der Waals surface area (Å²) in [7, 11) is 0. The van der Waals surface area contributed by atoms with Gasteiger partial charge in [0.15, 0.2) is 0 Å². The van der Waals surface area contributed by atoms with Crippen molar-refractivity contribution >= 4 is 29.5 Å². The highest BCUT2D eigenvalue weighted by Gasteiger charge is 2.49. The predicted molar refractivity (Wildman–Crippen MR) is 236 cm³/mol. The van der Waals surface area contributed by atoms with Crippen LogP contribution < -0.4 is 16.0 Å². The molecule has 2 heterocycles. The van der Waals surface area contributed by atoms with Gasteiger partial charge in [-0.05, 0) is 61.1 Å². The van der Waals surface area contributed by atoms with Crippen molar-refractivity contribution in [3.63, 3.8) is 0 Å². The summed E-state index contributed by atoms with van der Waals surface area (Å²) in [6.07, 6.45) is 11.1. The molecule has 7 rings (SSSR count). The van der Waals surface area contributed by atoms with Gasteiger partial charge in [-0.15, -0.1) is 0 Å². The SMILES string of the molecule is CCCCCCCO[C@@H]1CN(C(=O)c2ccc(C(=O)N3C[C@@H](C(=O)NC4C[C@@H]4c4ccccc4)[C@H](C(=O)N[C@H]4C[C@@H]4c4ccccc4)C3)cc2)C[C@H]1C(=O)NCCCCCC. The van der Waals surface area contributed by atoms with Crippen molar-refractivity contribution in [1.82, 2.24) is 25.8 Å². The Morgan fingerprint density at radius 3 is 1.51 bits per heavy atom. The summed E-state index contributed by atoms with van der Waals surface area (Å²) >= 11 is 0. The Hall–Kier alpha value is -5.03. The highest BCUT2D eigenvalue weighted by atomic mass is 16.5. The zero-order valence-corrected chi connectivity index (χ0v) is 36.1. The minimum absolute atomic E-state index is 0.00690. The summed E-state index contributed by atoms with van der Waals surface area (Å²) in [5.41, 5.74) is 3.15. The van der Waals surface area contributed by atoms with E-state index in [4.69, 9.17) is 4.74 Å². The van der Waals surface area contributed by atoms with Crippen LogP contribution in [0.25, 0.3) is 0 Å². The first-order chi connectivity index (χ1) is 29.7. The number of nitrogens with one attached hydrogen (secondary N) is 3. The molecule has 8 atom stereocenters. The maximum atomic E-state index is 14.1. The number of likely N-dealkylation sites (tertiary alicyclic amines) is 2. The third-order valence-corrected chi connectivity index (χ3v) is 13.2. The van der Waals surface area contributed by atoms with Gasteiger partial charge in [-0.1, -0.05) is 119 Å². The Morgan fingerprint density at radius 1 is 0.541 bits per heavy atom. The van der Waals surface area contributed by atoms with E-state index >= 15 is 0 Å². The molecule has 2 aliphatic heterocycles. The van der Waals surface area contributed by atoms with Gasteiger partial charge in [0.1, 0.15) is 0 Å². The molecule has 1 unspecified atom stereocenters. The fraction of sp³-hybridized carbons (Fsp3) is 0.540. The summed E-state index contributed by atoms with van der Waals surface area (Å²) in [5, 5.41) is 9.48. The Kier molecular flexibility index (Phi) is 15.3. The van der Waals surface area contributed by atoms with Gasteiger partial charge in [0.05, 0.1) is 23.9 Å². The molecular weight excluding hydrogens is 767 g/mol. The smallest absolute Gasteiger partial charge is 0.253 e. The molecule has 5 amide bonds. The number of ether oxygens (including phenoxy) is 1. The quantitative estimate of drug-likeness (QED) is 0.101. The van der Waals surface area contributed by atoms with E-state index in [1.165, 1.54) is 24.0 Å². The third-order valence-electron chi connectivity index (χ3n) is 13.2. The van der Waals surface area contributed by atoms with Crippen LogP contribution in [0.4, 0.5) is 0 Å². The van der Waals surface area contributed by atoms with Gasteiger partial charge in [0.2, 0.25) is 17.7 Å². The molecule has 326 valence electrons. The molecule has 2 saturated carbocycles. The van der Waals surface area contributed by atoms with E-state index in [1.54, 1.807) is 34.1 Å². The lowest BCUT2D eigenvalue weighted by Crippen LogP contribution is -2.43. The van der Waals surface area contributed by atoms with E-state index in [1.807, 2.05) is 36.4 Å². The second kappa shape index (κ2) is 21.2. The first-order valence-corrected chi connectivity index (χ1v) is 23.0. The fourth-order valence-corrected chi connectivity index (χ4v) is 9.24. The lowest BCUT2D eigenvalue weighted by atomic mass is 9.94. The highest BCUT2D eigenvalue weighted by molar-refractivity contribution is 5.99. The summed E-state index contributed by atoms with van der Waals surface area (Å²) in [6, 6.07) is 26.8. The zero-order valence-electron chi connectivity index (χ0n) is 36.1. The van der Waals surface area contributed by atoms with E-state index in [9.17, 15) is 24.0 Å². The Labute approximate surface area is 361 Å². The minimum Gasteiger partial charge on any atom is -0.375 e. The van der Waals surface area contributed by atoms with Gasteiger partial charge >= 0.3 is 0 Å². The van der Waals surface area contributed by atoms with Gasteiger partial charge in [-0.3, -0.25) is 24.0 Å². The van der Waals surface area contributed by atoms with E-state index < -0.39 is 17.8 Å². The van der Waals surface area contributed by atoms with Crippen LogP contribution in [-0.2, 0) is 19.1 Å². The van der Waals surface area contributed by atoms with Gasteiger partial charge in [-0.25, -0.2) is 0 Å². The first-order valence-electron chi connectivity index (χ1n) is 23.0. The lowest BCUT2D eigenvalue weighted by molar-refractivity contribution is -0.133. The Morgan fingerprint density at radius 2 is 1.00 bits per heavy atom. The van der Waals surface area contributed by atoms with Crippen LogP contribution in [0, 0.1) is 17.8 Å². The molecule has 4 aliphatic rings. The number of unbranched alkanes of at least 4 members (excludes halogenated alkanes) is 7. The summed E-state index contributed by atoms with van der Waals surface area (Å²) in [4.78, 5) is 72.4. The van der Waals surface area contributed by atoms with Crippen molar-refractivity contribution in [2.75, 3.05) is 39.3 Å². The number of hydrogen-bond acceptors (Lipinski definition) is 6. The van der Waals surface area contributed by atoms with Crippen molar-refractivity contribution in [2.45, 2.75) is 114 Å². The van der Waals surface area contributed by atoms with E-state index in [0.717, 1.165) is 57.8 Å². The second-order valence-corrected chi connectivity index (χ2v) is 17.7. The summed E-state index contributed by atoms with van der Waals surface area (Å²) < 4.78 is 6.27. The molecule has 61 heavy (non-hydrogen) atoms. The number of carbonyl (C=O) groups excluding carboxylic acids is 5.